The molecule has 0 saturated carbocycles. The Bertz CT molecular complexity index is 516. The second-order valence-electron chi connectivity index (χ2n) is 5.50. The highest BCUT2D eigenvalue weighted by Gasteiger charge is 2.20. The van der Waals surface area contributed by atoms with Crippen LogP contribution >= 0.6 is 23.2 Å². The number of carbonyl (C=O) groups is 1. The Balaban J connectivity index is 1.85. The summed E-state index contributed by atoms with van der Waals surface area (Å²) in [5.41, 5.74) is 1.01. The highest BCUT2D eigenvalue weighted by molar-refractivity contribution is 6.43. The van der Waals surface area contributed by atoms with Crippen molar-refractivity contribution in [3.05, 3.63) is 28.2 Å². The zero-order valence-corrected chi connectivity index (χ0v) is 14.7. The van der Waals surface area contributed by atoms with Crippen molar-refractivity contribution in [1.29, 1.82) is 0 Å². The van der Waals surface area contributed by atoms with Crippen LogP contribution in [0.4, 0.5) is 5.69 Å². The van der Waals surface area contributed by atoms with Crippen molar-refractivity contribution in [2.24, 2.45) is 0 Å². The molecule has 2 rings (SSSR count). The van der Waals surface area contributed by atoms with Crippen LogP contribution in [0.15, 0.2) is 18.2 Å². The Kier molecular flexibility index (Phi) is 6.36. The van der Waals surface area contributed by atoms with Crippen LogP contribution in [0.5, 0.6) is 0 Å². The molecular weight excluding hydrogens is 321 g/mol. The van der Waals surface area contributed by atoms with E-state index < -0.39 is 0 Å². The minimum Gasteiger partial charge on any atom is -0.368 e. The van der Waals surface area contributed by atoms with E-state index in [2.05, 4.69) is 9.80 Å². The number of amides is 1. The van der Waals surface area contributed by atoms with E-state index >= 15 is 0 Å². The van der Waals surface area contributed by atoms with Crippen molar-refractivity contribution in [2.75, 3.05) is 50.7 Å². The maximum Gasteiger partial charge on any atom is 0.219 e. The molecule has 0 aliphatic carbocycles. The van der Waals surface area contributed by atoms with Gasteiger partial charge in [-0.05, 0) is 19.1 Å². The topological polar surface area (TPSA) is 26.8 Å². The highest BCUT2D eigenvalue weighted by Crippen LogP contribution is 2.32. The number of benzene rings is 1. The molecule has 0 aromatic heterocycles. The number of hydrogen-bond acceptors (Lipinski definition) is 3. The third-order valence-corrected chi connectivity index (χ3v) is 4.97. The molecule has 0 spiro atoms. The summed E-state index contributed by atoms with van der Waals surface area (Å²) in [5.74, 6) is 0.145. The van der Waals surface area contributed by atoms with Gasteiger partial charge in [-0.1, -0.05) is 29.3 Å². The van der Waals surface area contributed by atoms with E-state index in [-0.39, 0.29) is 5.91 Å². The molecule has 1 aromatic rings. The molecule has 122 valence electrons. The molecule has 22 heavy (non-hydrogen) atoms. The molecule has 1 aliphatic rings. The highest BCUT2D eigenvalue weighted by atomic mass is 35.5. The van der Waals surface area contributed by atoms with Crippen LogP contribution in [0.1, 0.15) is 13.8 Å². The van der Waals surface area contributed by atoms with Crippen LogP contribution in [0.2, 0.25) is 10.0 Å². The summed E-state index contributed by atoms with van der Waals surface area (Å²) in [6, 6.07) is 5.76. The summed E-state index contributed by atoms with van der Waals surface area (Å²) in [7, 11) is 0. The average molecular weight is 344 g/mol. The van der Waals surface area contributed by atoms with Crippen molar-refractivity contribution >= 4 is 34.8 Å². The molecule has 1 aliphatic heterocycles. The van der Waals surface area contributed by atoms with Gasteiger partial charge in [0.1, 0.15) is 0 Å². The van der Waals surface area contributed by atoms with Crippen molar-refractivity contribution in [3.8, 4) is 0 Å². The summed E-state index contributed by atoms with van der Waals surface area (Å²) in [6.07, 6.45) is 0. The minimum atomic E-state index is 0.145. The van der Waals surface area contributed by atoms with Gasteiger partial charge in [0.05, 0.1) is 15.7 Å². The van der Waals surface area contributed by atoms with Gasteiger partial charge in [0.2, 0.25) is 5.91 Å². The summed E-state index contributed by atoms with van der Waals surface area (Å²) in [6.45, 7) is 9.92. The smallest absolute Gasteiger partial charge is 0.219 e. The maximum atomic E-state index is 11.4. The van der Waals surface area contributed by atoms with E-state index in [4.69, 9.17) is 23.2 Å². The lowest BCUT2D eigenvalue weighted by atomic mass is 10.2. The Morgan fingerprint density at radius 1 is 1.23 bits per heavy atom. The average Bonchev–Trinajstić information content (AvgIpc) is 2.51. The number of anilines is 1. The molecule has 1 heterocycles. The van der Waals surface area contributed by atoms with Gasteiger partial charge in [0.25, 0.3) is 0 Å². The fourth-order valence-electron chi connectivity index (χ4n) is 2.75. The van der Waals surface area contributed by atoms with E-state index in [1.807, 2.05) is 30.0 Å². The molecule has 1 fully saturated rings. The van der Waals surface area contributed by atoms with Gasteiger partial charge in [-0.15, -0.1) is 0 Å². The first-order valence-corrected chi connectivity index (χ1v) is 8.45. The fraction of sp³-hybridized carbons (Fsp3) is 0.562. The second kappa shape index (κ2) is 8.04. The zero-order chi connectivity index (χ0) is 16.1. The monoisotopic (exact) mass is 343 g/mol. The number of halogens is 2. The number of carbonyl (C=O) groups excluding carboxylic acids is 1. The number of hydrogen-bond donors (Lipinski definition) is 0. The first kappa shape index (κ1) is 17.4. The quantitative estimate of drug-likeness (QED) is 0.822. The molecule has 6 heteroatoms. The summed E-state index contributed by atoms with van der Waals surface area (Å²) < 4.78 is 0. The normalized spacial score (nSPS) is 15.9. The molecule has 1 saturated heterocycles. The van der Waals surface area contributed by atoms with Crippen LogP contribution < -0.4 is 4.90 Å². The van der Waals surface area contributed by atoms with Gasteiger partial charge in [-0.25, -0.2) is 0 Å². The van der Waals surface area contributed by atoms with E-state index in [1.165, 1.54) is 0 Å². The number of piperazine rings is 1. The first-order chi connectivity index (χ1) is 10.5. The molecule has 4 nitrogen and oxygen atoms in total. The Morgan fingerprint density at radius 2 is 1.91 bits per heavy atom. The molecule has 0 N–H and O–H groups in total. The van der Waals surface area contributed by atoms with E-state index in [0.717, 1.165) is 51.5 Å². The van der Waals surface area contributed by atoms with Crippen molar-refractivity contribution in [1.82, 2.24) is 9.80 Å². The Hall–Kier alpha value is -0.970. The van der Waals surface area contributed by atoms with E-state index in [9.17, 15) is 4.79 Å². The fourth-order valence-corrected chi connectivity index (χ4v) is 3.16. The van der Waals surface area contributed by atoms with Crippen molar-refractivity contribution in [2.45, 2.75) is 13.8 Å². The van der Waals surface area contributed by atoms with E-state index in [0.29, 0.717) is 10.0 Å². The summed E-state index contributed by atoms with van der Waals surface area (Å²) >= 11 is 12.4. The van der Waals surface area contributed by atoms with Crippen LogP contribution in [-0.4, -0.2) is 61.5 Å². The summed E-state index contributed by atoms with van der Waals surface area (Å²) in [4.78, 5) is 18.0. The SMILES string of the molecule is CCN(CCN1CCN(c2cccc(Cl)c2Cl)CC1)C(C)=O. The lowest BCUT2D eigenvalue weighted by molar-refractivity contribution is -0.128. The predicted octanol–water partition coefficient (Wildman–Crippen LogP) is 2.98. The second-order valence-corrected chi connectivity index (χ2v) is 6.29. The van der Waals surface area contributed by atoms with Crippen LogP contribution in [0.25, 0.3) is 0 Å². The lowest BCUT2D eigenvalue weighted by Gasteiger charge is -2.37. The third kappa shape index (κ3) is 4.28. The maximum absolute atomic E-state index is 11.4. The van der Waals surface area contributed by atoms with Gasteiger partial charge in [0.15, 0.2) is 0 Å². The molecular formula is C16H23Cl2N3O. The van der Waals surface area contributed by atoms with Gasteiger partial charge < -0.3 is 9.80 Å². The Morgan fingerprint density at radius 3 is 2.50 bits per heavy atom. The molecule has 0 atom stereocenters. The van der Waals surface area contributed by atoms with Crippen molar-refractivity contribution < 1.29 is 4.79 Å². The predicted molar refractivity (Wildman–Crippen MR) is 93.0 cm³/mol. The number of rotatable bonds is 5. The molecule has 0 bridgehead atoms. The van der Waals surface area contributed by atoms with Crippen LogP contribution in [0.3, 0.4) is 0 Å². The summed E-state index contributed by atoms with van der Waals surface area (Å²) in [5, 5.41) is 1.23. The molecule has 0 radical (unpaired) electrons. The van der Waals surface area contributed by atoms with Gasteiger partial charge in [-0.2, -0.15) is 0 Å². The number of nitrogens with zero attached hydrogens (tertiary/aromatic N) is 3. The van der Waals surface area contributed by atoms with Gasteiger partial charge >= 0.3 is 0 Å². The molecule has 1 amide bonds. The minimum absolute atomic E-state index is 0.145. The molecule has 1 aromatic carbocycles. The molecule has 0 unspecified atom stereocenters. The van der Waals surface area contributed by atoms with Gasteiger partial charge in [0, 0.05) is 52.7 Å². The largest absolute Gasteiger partial charge is 0.368 e. The zero-order valence-electron chi connectivity index (χ0n) is 13.2. The number of likely N-dealkylation sites (N-methyl/N-ethyl adjacent to an activating group) is 1. The van der Waals surface area contributed by atoms with Crippen molar-refractivity contribution in [3.63, 3.8) is 0 Å². The third-order valence-electron chi connectivity index (χ3n) is 4.16. The first-order valence-electron chi connectivity index (χ1n) is 7.69. The van der Waals surface area contributed by atoms with Crippen LogP contribution in [0, 0.1) is 0 Å². The Labute approximate surface area is 142 Å². The lowest BCUT2D eigenvalue weighted by Crippen LogP contribution is -2.49. The van der Waals surface area contributed by atoms with Crippen LogP contribution in [-0.2, 0) is 4.79 Å². The standard InChI is InChI=1S/C16H23Cl2N3O/c1-3-20(13(2)22)10-7-19-8-11-21(12-9-19)15-6-4-5-14(17)16(15)18/h4-6H,3,7-12H2,1-2H3. The van der Waals surface area contributed by atoms with E-state index in [1.54, 1.807) is 6.92 Å². The van der Waals surface area contributed by atoms with Gasteiger partial charge in [-0.3, -0.25) is 9.69 Å².